The number of morpholine rings is 3. The van der Waals surface area contributed by atoms with Gasteiger partial charge in [-0.3, -0.25) is 24.3 Å². The molecule has 0 aliphatic carbocycles. The van der Waals surface area contributed by atoms with Crippen molar-refractivity contribution in [3.05, 3.63) is 200 Å². The Hall–Kier alpha value is -6.99. The molecule has 3 aliphatic heterocycles. The Morgan fingerprint density at radius 1 is 0.443 bits per heavy atom. The van der Waals surface area contributed by atoms with Crippen molar-refractivity contribution in [3.63, 3.8) is 0 Å². The number of imidazole rings is 3. The summed E-state index contributed by atoms with van der Waals surface area (Å²) >= 11 is 24.7. The molecule has 3 fully saturated rings. The molecular formula is C69H72Cl4N10O5. The average molecular weight is 1260 g/mol. The molecule has 19 heteroatoms. The van der Waals surface area contributed by atoms with Crippen LogP contribution in [0.15, 0.2) is 152 Å². The highest BCUT2D eigenvalue weighted by Gasteiger charge is 2.24. The lowest BCUT2D eigenvalue weighted by Crippen LogP contribution is -2.36. The van der Waals surface area contributed by atoms with Gasteiger partial charge in [0.15, 0.2) is 5.78 Å². The minimum Gasteiger partial charge on any atom is -0.379 e. The predicted octanol–water partition coefficient (Wildman–Crippen LogP) is 14.2. The lowest BCUT2D eigenvalue weighted by atomic mass is 10.1. The summed E-state index contributed by atoms with van der Waals surface area (Å²) in [7, 11) is 0. The molecule has 10 aromatic rings. The van der Waals surface area contributed by atoms with E-state index in [1.54, 1.807) is 0 Å². The molecule has 88 heavy (non-hydrogen) atoms. The van der Waals surface area contributed by atoms with Gasteiger partial charge in [0.25, 0.3) is 5.91 Å². The minimum atomic E-state index is 0.0426. The van der Waals surface area contributed by atoms with Gasteiger partial charge in [-0.1, -0.05) is 108 Å². The number of aromatic nitrogens is 6. The second-order valence-electron chi connectivity index (χ2n) is 22.0. The summed E-state index contributed by atoms with van der Waals surface area (Å²) in [4.78, 5) is 49.1. The lowest BCUT2D eigenvalue weighted by molar-refractivity contribution is 0.0335. The number of ketones is 1. The molecule has 1 amide bonds. The number of Topliss-reactive ketones (excluding diaryl/α,β-unsaturated/α-hetero) is 1. The van der Waals surface area contributed by atoms with Crippen LogP contribution < -0.4 is 0 Å². The number of carbonyl (C=O) groups excluding carboxylic acids is 2. The first kappa shape index (κ1) is 62.6. The van der Waals surface area contributed by atoms with Crippen molar-refractivity contribution in [2.75, 3.05) is 92.0 Å². The molecule has 0 radical (unpaired) electrons. The second kappa shape index (κ2) is 29.5. The maximum absolute atomic E-state index is 12.9. The Balaban J connectivity index is 0.000000137. The number of ether oxygens (including phenoxy) is 3. The van der Waals surface area contributed by atoms with E-state index in [0.29, 0.717) is 35.1 Å². The van der Waals surface area contributed by atoms with Crippen LogP contribution in [0.3, 0.4) is 0 Å². The van der Waals surface area contributed by atoms with Crippen LogP contribution in [-0.2, 0) is 33.8 Å². The second-order valence-corrected chi connectivity index (χ2v) is 23.7. The summed E-state index contributed by atoms with van der Waals surface area (Å²) in [6.45, 7) is 19.5. The number of hydrogen-bond acceptors (Lipinski definition) is 11. The number of nitrogens with zero attached hydrogens (tertiary/aromatic N) is 10. The Morgan fingerprint density at radius 2 is 0.807 bits per heavy atom. The van der Waals surface area contributed by atoms with Gasteiger partial charge in [-0.25, -0.2) is 15.0 Å². The molecule has 9 heterocycles. The van der Waals surface area contributed by atoms with E-state index < -0.39 is 0 Å². The van der Waals surface area contributed by atoms with Crippen molar-refractivity contribution in [2.45, 2.75) is 53.2 Å². The van der Waals surface area contributed by atoms with Gasteiger partial charge < -0.3 is 32.3 Å². The van der Waals surface area contributed by atoms with Gasteiger partial charge in [0.05, 0.1) is 79.4 Å². The highest BCUT2D eigenvalue weighted by Crippen LogP contribution is 2.34. The minimum absolute atomic E-state index is 0.0426. The molecular weight excluding hydrogens is 1190 g/mol. The molecule has 3 saturated heterocycles. The summed E-state index contributed by atoms with van der Waals surface area (Å²) in [5.74, 6) is 0.212. The van der Waals surface area contributed by atoms with E-state index in [1.165, 1.54) is 0 Å². The number of hydrogen-bond donors (Lipinski definition) is 0. The van der Waals surface area contributed by atoms with Gasteiger partial charge >= 0.3 is 0 Å². The zero-order valence-corrected chi connectivity index (χ0v) is 52.9. The zero-order valence-electron chi connectivity index (χ0n) is 49.9. The summed E-state index contributed by atoms with van der Waals surface area (Å²) in [6, 6.07) is 43.1. The van der Waals surface area contributed by atoms with Crippen molar-refractivity contribution in [3.8, 4) is 44.9 Å². The van der Waals surface area contributed by atoms with E-state index in [1.807, 2.05) is 159 Å². The molecule has 3 aliphatic rings. The normalized spacial score (nSPS) is 15.0. The van der Waals surface area contributed by atoms with E-state index in [9.17, 15) is 9.59 Å². The Morgan fingerprint density at radius 3 is 1.20 bits per heavy atom. The van der Waals surface area contributed by atoms with E-state index in [2.05, 4.69) is 46.2 Å². The van der Waals surface area contributed by atoms with E-state index in [0.717, 1.165) is 199 Å². The largest absolute Gasteiger partial charge is 0.379 e. The molecule has 0 bridgehead atoms. The average Bonchev–Trinajstić information content (AvgIpc) is 1.89. The summed E-state index contributed by atoms with van der Waals surface area (Å²) < 4.78 is 22.9. The van der Waals surface area contributed by atoms with Gasteiger partial charge in [0.1, 0.15) is 16.9 Å². The van der Waals surface area contributed by atoms with E-state index >= 15 is 0 Å². The molecule has 0 atom stereocenters. The first-order valence-electron chi connectivity index (χ1n) is 30.2. The number of amides is 1. The fraction of sp³-hybridized carbons (Fsp3) is 0.319. The van der Waals surface area contributed by atoms with Crippen molar-refractivity contribution in [1.82, 2.24) is 47.8 Å². The number of fused-ring (bicyclic) bond motifs is 3. The number of pyridine rings is 3. The third-order valence-corrected chi connectivity index (χ3v) is 17.3. The maximum Gasteiger partial charge on any atom is 0.255 e. The fourth-order valence-electron chi connectivity index (χ4n) is 11.4. The third-order valence-electron chi connectivity index (χ3n) is 16.2. The Bertz CT molecular complexity index is 4000. The van der Waals surface area contributed by atoms with Gasteiger partial charge in [-0.2, -0.15) is 0 Å². The predicted molar refractivity (Wildman–Crippen MR) is 352 cm³/mol. The van der Waals surface area contributed by atoms with Crippen molar-refractivity contribution in [2.24, 2.45) is 0 Å². The SMILES string of the molecule is CCCC(=O)c1ccc2nc(-c3ccc(Cl)cc3)c(CN3CCOCC3)n2c1.CCN(CC)C(=O)c1ccc2nc(-c3ccc(Cl)cc3)c(CN3CCOCC3)n2c1.Clc1ccc(-c2nc3ccc(-c4ccccc4Cl)cn3c2CN2CCOCC2)cc1. The van der Waals surface area contributed by atoms with E-state index in [-0.39, 0.29) is 11.7 Å². The van der Waals surface area contributed by atoms with Gasteiger partial charge in [0.2, 0.25) is 0 Å². The van der Waals surface area contributed by atoms with Crippen molar-refractivity contribution >= 4 is 75.0 Å². The van der Waals surface area contributed by atoms with Crippen LogP contribution in [0.2, 0.25) is 20.1 Å². The van der Waals surface area contributed by atoms with Crippen molar-refractivity contribution in [1.29, 1.82) is 0 Å². The van der Waals surface area contributed by atoms with Crippen LogP contribution in [-0.4, -0.2) is 151 Å². The molecule has 0 unspecified atom stereocenters. The topological polar surface area (TPSA) is 127 Å². The summed E-state index contributed by atoms with van der Waals surface area (Å²) in [5, 5.41) is 2.86. The number of carbonyl (C=O) groups is 2. The van der Waals surface area contributed by atoms with Crippen LogP contribution in [0.25, 0.3) is 61.8 Å². The molecule has 0 saturated carbocycles. The molecule has 15 nitrogen and oxygen atoms in total. The maximum atomic E-state index is 12.9. The van der Waals surface area contributed by atoms with Gasteiger partial charge in [0, 0.05) is 145 Å². The molecule has 456 valence electrons. The molecule has 13 rings (SSSR count). The number of benzene rings is 4. The van der Waals surface area contributed by atoms with Crippen LogP contribution >= 0.6 is 46.4 Å². The number of halogens is 4. The zero-order chi connectivity index (χ0) is 61.1. The van der Waals surface area contributed by atoms with Crippen LogP contribution in [0.4, 0.5) is 0 Å². The van der Waals surface area contributed by atoms with E-state index in [4.69, 9.17) is 75.6 Å². The summed E-state index contributed by atoms with van der Waals surface area (Å²) in [6.07, 6.45) is 7.41. The van der Waals surface area contributed by atoms with Gasteiger partial charge in [-0.15, -0.1) is 0 Å². The Labute approximate surface area is 533 Å². The lowest BCUT2D eigenvalue weighted by Gasteiger charge is -2.26. The molecule has 0 spiro atoms. The Kier molecular flexibility index (Phi) is 21.0. The first-order chi connectivity index (χ1) is 42.9. The summed E-state index contributed by atoms with van der Waals surface area (Å²) in [5.41, 5.74) is 15.3. The molecule has 4 aromatic carbocycles. The third kappa shape index (κ3) is 14.8. The monoisotopic (exact) mass is 1260 g/mol. The van der Waals surface area contributed by atoms with Crippen LogP contribution in [0.1, 0.15) is 71.4 Å². The highest BCUT2D eigenvalue weighted by molar-refractivity contribution is 6.33. The highest BCUT2D eigenvalue weighted by atomic mass is 35.5. The van der Waals surface area contributed by atoms with Gasteiger partial charge in [-0.05, 0) is 105 Å². The molecule has 0 N–H and O–H groups in total. The van der Waals surface area contributed by atoms with Crippen LogP contribution in [0, 0.1) is 0 Å². The molecule has 6 aromatic heterocycles. The van der Waals surface area contributed by atoms with Crippen LogP contribution in [0.5, 0.6) is 0 Å². The van der Waals surface area contributed by atoms with Crippen molar-refractivity contribution < 1.29 is 23.8 Å². The fourth-order valence-corrected chi connectivity index (χ4v) is 12.0. The number of rotatable bonds is 16. The smallest absolute Gasteiger partial charge is 0.255 e. The standard InChI is InChI=1S/C24H21Cl2N3O.C23H27ClN4O2.C22H24ClN3O2/c25-19-8-5-17(6-9-19)24-22(16-28-11-13-30-14-12-28)29-15-18(7-10-23(29)27-24)20-3-1-2-4-21(20)26;1-3-27(4-2)23(29)18-7-10-21-25-22(17-5-8-19(24)9-6-17)20(28(21)15-18)16-26-11-13-30-14-12-26;1-2-3-20(27)17-6-9-21-24-22(16-4-7-18(23)8-5-16)19(26(21)14-17)15-25-10-12-28-13-11-25/h1-10,15H,11-14,16H2;5-10,15H,3-4,11-14,16H2,1-2H3;4-9,14H,2-3,10-13,15H2,1H3. The quantitative estimate of drug-likeness (QED) is 0.0858. The first-order valence-corrected chi connectivity index (χ1v) is 31.7.